The van der Waals surface area contributed by atoms with E-state index in [1.165, 1.54) is 7.11 Å². The summed E-state index contributed by atoms with van der Waals surface area (Å²) in [5, 5.41) is 0. The Hall–Kier alpha value is -2.05. The number of hydrogen-bond acceptors (Lipinski definition) is 4. The van der Waals surface area contributed by atoms with Crippen LogP contribution in [-0.4, -0.2) is 22.6 Å². The summed E-state index contributed by atoms with van der Waals surface area (Å²) in [7, 11) is -0.478. The molecule has 0 saturated carbocycles. The van der Waals surface area contributed by atoms with Crippen molar-refractivity contribution >= 4 is 10.0 Å². The Morgan fingerprint density at radius 3 is 2.35 bits per heavy atom. The van der Waals surface area contributed by atoms with Gasteiger partial charge in [0.2, 0.25) is 10.0 Å². The number of aryl methyl sites for hydroxylation is 2. The van der Waals surface area contributed by atoms with Crippen LogP contribution < -0.4 is 14.2 Å². The molecule has 23 heavy (non-hydrogen) atoms. The number of nitrogens with one attached hydrogen (secondary N) is 1. The van der Waals surface area contributed by atoms with Crippen molar-refractivity contribution < 1.29 is 17.9 Å². The van der Waals surface area contributed by atoms with Crippen LogP contribution in [-0.2, 0) is 16.6 Å². The van der Waals surface area contributed by atoms with E-state index in [1.807, 2.05) is 13.0 Å². The summed E-state index contributed by atoms with van der Waals surface area (Å²) in [6.45, 7) is 3.86. The smallest absolute Gasteiger partial charge is 0.241 e. The first kappa shape index (κ1) is 17.3. The van der Waals surface area contributed by atoms with Gasteiger partial charge in [-0.2, -0.15) is 0 Å². The Kier molecular flexibility index (Phi) is 5.28. The van der Waals surface area contributed by atoms with Crippen LogP contribution in [0.4, 0.5) is 0 Å². The van der Waals surface area contributed by atoms with Crippen LogP contribution in [0, 0.1) is 13.8 Å². The molecule has 0 atom stereocenters. The van der Waals surface area contributed by atoms with Gasteiger partial charge in [-0.3, -0.25) is 0 Å². The van der Waals surface area contributed by atoms with Crippen LogP contribution in [0.15, 0.2) is 41.3 Å². The first-order valence-corrected chi connectivity index (χ1v) is 8.63. The van der Waals surface area contributed by atoms with Crippen LogP contribution in [0.5, 0.6) is 11.5 Å². The molecule has 0 unspecified atom stereocenters. The second kappa shape index (κ2) is 7.02. The zero-order valence-electron chi connectivity index (χ0n) is 13.7. The van der Waals surface area contributed by atoms with Gasteiger partial charge in [0.15, 0.2) is 0 Å². The highest BCUT2D eigenvalue weighted by molar-refractivity contribution is 7.89. The maximum atomic E-state index is 12.5. The highest BCUT2D eigenvalue weighted by Crippen LogP contribution is 2.25. The normalized spacial score (nSPS) is 11.3. The minimum Gasteiger partial charge on any atom is -0.497 e. The van der Waals surface area contributed by atoms with E-state index in [-0.39, 0.29) is 11.4 Å². The molecule has 0 saturated heterocycles. The second-order valence-electron chi connectivity index (χ2n) is 5.27. The lowest BCUT2D eigenvalue weighted by Crippen LogP contribution is -2.24. The topological polar surface area (TPSA) is 64.6 Å². The van der Waals surface area contributed by atoms with Gasteiger partial charge in [-0.15, -0.1) is 0 Å². The quantitative estimate of drug-likeness (QED) is 0.882. The van der Waals surface area contributed by atoms with Crippen molar-refractivity contribution in [3.63, 3.8) is 0 Å². The van der Waals surface area contributed by atoms with E-state index in [0.29, 0.717) is 11.5 Å². The molecule has 0 radical (unpaired) electrons. The lowest BCUT2D eigenvalue weighted by Gasteiger charge is -2.13. The van der Waals surface area contributed by atoms with Crippen molar-refractivity contribution in [3.8, 4) is 11.5 Å². The summed E-state index contributed by atoms with van der Waals surface area (Å²) in [6.07, 6.45) is 0. The van der Waals surface area contributed by atoms with E-state index in [0.717, 1.165) is 16.7 Å². The van der Waals surface area contributed by atoms with Gasteiger partial charge >= 0.3 is 0 Å². The molecule has 2 aromatic carbocycles. The minimum absolute atomic E-state index is 0.142. The largest absolute Gasteiger partial charge is 0.497 e. The molecule has 2 rings (SSSR count). The van der Waals surface area contributed by atoms with Crippen LogP contribution in [0.2, 0.25) is 0 Å². The average molecular weight is 335 g/mol. The highest BCUT2D eigenvalue weighted by Gasteiger charge is 2.17. The third kappa shape index (κ3) is 4.03. The molecule has 0 aliphatic heterocycles. The van der Waals surface area contributed by atoms with Crippen LogP contribution in [0.25, 0.3) is 0 Å². The Bertz CT molecular complexity index is 800. The second-order valence-corrected chi connectivity index (χ2v) is 7.01. The molecule has 0 heterocycles. The van der Waals surface area contributed by atoms with Gasteiger partial charge in [-0.05, 0) is 31.5 Å². The number of rotatable bonds is 6. The maximum absolute atomic E-state index is 12.5. The Morgan fingerprint density at radius 1 is 1.00 bits per heavy atom. The molecule has 2 aromatic rings. The zero-order chi connectivity index (χ0) is 17.0. The van der Waals surface area contributed by atoms with Crippen LogP contribution >= 0.6 is 0 Å². The summed E-state index contributed by atoms with van der Waals surface area (Å²) in [5.41, 5.74) is 2.49. The van der Waals surface area contributed by atoms with Crippen LogP contribution in [0.3, 0.4) is 0 Å². The average Bonchev–Trinajstić information content (AvgIpc) is 2.52. The molecule has 0 fully saturated rings. The third-order valence-electron chi connectivity index (χ3n) is 3.57. The molecule has 0 aliphatic carbocycles. The fourth-order valence-electron chi connectivity index (χ4n) is 2.35. The Labute approximate surface area is 137 Å². The molecule has 0 amide bonds. The van der Waals surface area contributed by atoms with E-state index in [9.17, 15) is 8.42 Å². The zero-order valence-corrected chi connectivity index (χ0v) is 14.5. The first-order chi connectivity index (χ1) is 10.9. The molecule has 124 valence electrons. The van der Waals surface area contributed by atoms with Crippen molar-refractivity contribution in [1.82, 2.24) is 4.72 Å². The lowest BCUT2D eigenvalue weighted by atomic mass is 10.2. The molecular weight excluding hydrogens is 314 g/mol. The lowest BCUT2D eigenvalue weighted by molar-refractivity contribution is 0.390. The fraction of sp³-hybridized carbons (Fsp3) is 0.294. The van der Waals surface area contributed by atoms with Gasteiger partial charge in [0, 0.05) is 18.2 Å². The third-order valence-corrected chi connectivity index (χ3v) is 5.13. The molecule has 0 bridgehead atoms. The molecule has 0 aliphatic rings. The minimum atomic E-state index is -3.58. The summed E-state index contributed by atoms with van der Waals surface area (Å²) in [5.74, 6) is 1.23. The number of ether oxygens (including phenoxy) is 2. The molecule has 1 N–H and O–H groups in total. The Balaban J connectivity index is 2.22. The molecule has 5 nitrogen and oxygen atoms in total. The monoisotopic (exact) mass is 335 g/mol. The molecular formula is C17H21NO4S. The summed E-state index contributed by atoms with van der Waals surface area (Å²) < 4.78 is 38.0. The van der Waals surface area contributed by atoms with E-state index in [4.69, 9.17) is 9.47 Å². The van der Waals surface area contributed by atoms with Gasteiger partial charge in [-0.1, -0.05) is 23.8 Å². The van der Waals surface area contributed by atoms with Gasteiger partial charge in [0.25, 0.3) is 0 Å². The Morgan fingerprint density at radius 2 is 1.74 bits per heavy atom. The summed E-state index contributed by atoms with van der Waals surface area (Å²) in [4.78, 5) is 0.288. The maximum Gasteiger partial charge on any atom is 0.241 e. The standard InChI is InChI=1S/C17H21NO4S/c1-12-5-8-17(13(2)9-12)23(19,20)18-11-14-6-7-15(21-3)10-16(14)22-4/h5-10,18H,11H2,1-4H3. The van der Waals surface area contributed by atoms with Crippen LogP contribution in [0.1, 0.15) is 16.7 Å². The van der Waals surface area contributed by atoms with Crippen molar-refractivity contribution in [3.05, 3.63) is 53.1 Å². The van der Waals surface area contributed by atoms with Gasteiger partial charge in [0.05, 0.1) is 19.1 Å². The molecule has 0 spiro atoms. The number of benzene rings is 2. The first-order valence-electron chi connectivity index (χ1n) is 7.15. The van der Waals surface area contributed by atoms with Gasteiger partial charge in [-0.25, -0.2) is 13.1 Å². The van der Waals surface area contributed by atoms with Crippen molar-refractivity contribution in [2.75, 3.05) is 14.2 Å². The predicted octanol–water partition coefficient (Wildman–Crippen LogP) is 2.80. The summed E-state index contributed by atoms with van der Waals surface area (Å²) in [6, 6.07) is 10.5. The molecule has 6 heteroatoms. The van der Waals surface area contributed by atoms with Crippen molar-refractivity contribution in [1.29, 1.82) is 0 Å². The van der Waals surface area contributed by atoms with E-state index >= 15 is 0 Å². The van der Waals surface area contributed by atoms with E-state index < -0.39 is 10.0 Å². The van der Waals surface area contributed by atoms with Crippen molar-refractivity contribution in [2.24, 2.45) is 0 Å². The van der Waals surface area contributed by atoms with E-state index in [1.54, 1.807) is 44.4 Å². The van der Waals surface area contributed by atoms with E-state index in [2.05, 4.69) is 4.72 Å². The fourth-order valence-corrected chi connectivity index (χ4v) is 3.58. The van der Waals surface area contributed by atoms with Crippen molar-refractivity contribution in [2.45, 2.75) is 25.3 Å². The predicted molar refractivity (Wildman–Crippen MR) is 89.5 cm³/mol. The summed E-state index contributed by atoms with van der Waals surface area (Å²) >= 11 is 0. The SMILES string of the molecule is COc1ccc(CNS(=O)(=O)c2ccc(C)cc2C)c(OC)c1. The van der Waals surface area contributed by atoms with Gasteiger partial charge < -0.3 is 9.47 Å². The van der Waals surface area contributed by atoms with Gasteiger partial charge in [0.1, 0.15) is 11.5 Å². The highest BCUT2D eigenvalue weighted by atomic mass is 32.2. The molecule has 0 aromatic heterocycles. The number of methoxy groups -OCH3 is 2. The number of sulfonamides is 1. The number of hydrogen-bond donors (Lipinski definition) is 1.